The van der Waals surface area contributed by atoms with Gasteiger partial charge in [-0.1, -0.05) is 5.16 Å². The number of amides is 2. The van der Waals surface area contributed by atoms with Gasteiger partial charge in [0, 0.05) is 18.7 Å². The number of benzene rings is 1. The van der Waals surface area contributed by atoms with E-state index in [2.05, 4.69) is 41.8 Å². The van der Waals surface area contributed by atoms with Crippen molar-refractivity contribution in [2.24, 2.45) is 0 Å². The number of rotatable bonds is 7. The van der Waals surface area contributed by atoms with Gasteiger partial charge < -0.3 is 24.6 Å². The highest BCUT2D eigenvalue weighted by Gasteiger charge is 2.19. The summed E-state index contributed by atoms with van der Waals surface area (Å²) in [7, 11) is 0. The first-order valence-electron chi connectivity index (χ1n) is 9.40. The fourth-order valence-corrected chi connectivity index (χ4v) is 3.23. The van der Waals surface area contributed by atoms with Crippen LogP contribution in [0.25, 0.3) is 11.4 Å². The van der Waals surface area contributed by atoms with Crippen molar-refractivity contribution in [2.45, 2.75) is 20.4 Å². The number of halogens is 1. The van der Waals surface area contributed by atoms with E-state index < -0.39 is 5.91 Å². The molecule has 3 aromatic rings. The number of aromatic nitrogens is 4. The highest BCUT2D eigenvalue weighted by molar-refractivity contribution is 9.10. The van der Waals surface area contributed by atoms with Gasteiger partial charge in [-0.3, -0.25) is 14.3 Å². The summed E-state index contributed by atoms with van der Waals surface area (Å²) in [6, 6.07) is 5.20. The highest BCUT2D eigenvalue weighted by atomic mass is 79.9. The lowest BCUT2D eigenvalue weighted by molar-refractivity contribution is -0.121. The second-order valence-electron chi connectivity index (χ2n) is 6.74. The van der Waals surface area contributed by atoms with Crippen LogP contribution in [0.2, 0.25) is 0 Å². The van der Waals surface area contributed by atoms with Gasteiger partial charge in [0.25, 0.3) is 0 Å². The summed E-state index contributed by atoms with van der Waals surface area (Å²) < 4.78 is 18.1. The summed E-state index contributed by atoms with van der Waals surface area (Å²) in [5, 5.41) is 13.5. The molecule has 2 amide bonds. The zero-order chi connectivity index (χ0) is 22.0. The maximum Gasteiger partial charge on any atom is 0.316 e. The molecule has 2 N–H and O–H groups in total. The van der Waals surface area contributed by atoms with E-state index in [0.29, 0.717) is 17.1 Å². The van der Waals surface area contributed by atoms with E-state index in [1.54, 1.807) is 22.9 Å². The first-order valence-corrected chi connectivity index (χ1v) is 10.2. The van der Waals surface area contributed by atoms with Crippen molar-refractivity contribution in [2.75, 3.05) is 19.9 Å². The molecule has 0 radical (unpaired) electrons. The van der Waals surface area contributed by atoms with Crippen LogP contribution in [0.1, 0.15) is 22.1 Å². The van der Waals surface area contributed by atoms with Crippen LogP contribution < -0.4 is 20.1 Å². The summed E-state index contributed by atoms with van der Waals surface area (Å²) in [4.78, 5) is 28.4. The minimum absolute atomic E-state index is 0.0920. The number of nitrogens with zero attached hydrogens (tertiary/aromatic N) is 4. The van der Waals surface area contributed by atoms with Gasteiger partial charge in [0.15, 0.2) is 11.5 Å². The van der Waals surface area contributed by atoms with Gasteiger partial charge in [-0.25, -0.2) is 0 Å². The lowest BCUT2D eigenvalue weighted by Gasteiger charge is -2.07. The minimum Gasteiger partial charge on any atom is -0.454 e. The van der Waals surface area contributed by atoms with Crippen LogP contribution >= 0.6 is 15.9 Å². The number of hydrogen-bond donors (Lipinski definition) is 2. The zero-order valence-electron chi connectivity index (χ0n) is 16.8. The van der Waals surface area contributed by atoms with Gasteiger partial charge in [-0.15, -0.1) is 0 Å². The molecule has 0 saturated heterocycles. The Morgan fingerprint density at radius 2 is 1.94 bits per heavy atom. The molecule has 0 saturated carbocycles. The number of aryl methyl sites for hydroxylation is 1. The Bertz CT molecular complexity index is 1140. The van der Waals surface area contributed by atoms with Gasteiger partial charge >= 0.3 is 11.8 Å². The molecule has 12 heteroatoms. The molecule has 0 atom stereocenters. The van der Waals surface area contributed by atoms with Crippen LogP contribution in [0.15, 0.2) is 27.2 Å². The Morgan fingerprint density at radius 3 is 2.71 bits per heavy atom. The molecule has 0 bridgehead atoms. The number of ether oxygens (including phenoxy) is 2. The maximum absolute atomic E-state index is 12.2. The maximum atomic E-state index is 12.2. The topological polar surface area (TPSA) is 133 Å². The molecule has 4 rings (SSSR count). The number of nitrogens with one attached hydrogen (secondary N) is 2. The van der Waals surface area contributed by atoms with Gasteiger partial charge in [0.2, 0.25) is 18.5 Å². The smallest absolute Gasteiger partial charge is 0.316 e. The van der Waals surface area contributed by atoms with E-state index in [0.717, 1.165) is 15.9 Å². The van der Waals surface area contributed by atoms with E-state index in [1.807, 2.05) is 13.8 Å². The fraction of sp³-hybridized carbons (Fsp3) is 0.316. The van der Waals surface area contributed by atoms with Crippen LogP contribution in [0.5, 0.6) is 11.5 Å². The average molecular weight is 491 g/mol. The lowest BCUT2D eigenvalue weighted by Crippen LogP contribution is -2.36. The van der Waals surface area contributed by atoms with Crippen molar-refractivity contribution in [3.05, 3.63) is 40.0 Å². The summed E-state index contributed by atoms with van der Waals surface area (Å²) in [5.41, 5.74) is 2.32. The van der Waals surface area contributed by atoms with E-state index in [1.165, 1.54) is 0 Å². The van der Waals surface area contributed by atoms with Crippen molar-refractivity contribution in [1.29, 1.82) is 0 Å². The normalized spacial score (nSPS) is 12.1. The predicted octanol–water partition coefficient (Wildman–Crippen LogP) is 1.59. The third-order valence-electron chi connectivity index (χ3n) is 4.57. The Morgan fingerprint density at radius 1 is 1.16 bits per heavy atom. The largest absolute Gasteiger partial charge is 0.454 e. The van der Waals surface area contributed by atoms with Gasteiger partial charge in [0.1, 0.15) is 6.54 Å². The Labute approximate surface area is 185 Å². The minimum atomic E-state index is -0.531. The summed E-state index contributed by atoms with van der Waals surface area (Å²) in [6.07, 6.45) is 0. The number of carbonyl (C=O) groups is 2. The summed E-state index contributed by atoms with van der Waals surface area (Å²) >= 11 is 3.43. The summed E-state index contributed by atoms with van der Waals surface area (Å²) in [6.45, 7) is 4.43. The molecule has 162 valence electrons. The molecular weight excluding hydrogens is 472 g/mol. The molecule has 0 unspecified atom stereocenters. The number of hydrogen-bond acceptors (Lipinski definition) is 8. The van der Waals surface area contributed by atoms with Crippen LogP contribution in [-0.4, -0.2) is 51.6 Å². The highest BCUT2D eigenvalue weighted by Crippen LogP contribution is 2.35. The molecule has 31 heavy (non-hydrogen) atoms. The molecule has 11 nitrogen and oxygen atoms in total. The van der Waals surface area contributed by atoms with Crippen molar-refractivity contribution in [3.63, 3.8) is 0 Å². The third kappa shape index (κ3) is 4.53. The van der Waals surface area contributed by atoms with Crippen LogP contribution in [-0.2, 0) is 11.3 Å². The number of fused-ring (bicyclic) bond motifs is 1. The molecule has 0 spiro atoms. The van der Waals surface area contributed by atoms with E-state index in [9.17, 15) is 9.59 Å². The monoisotopic (exact) mass is 490 g/mol. The number of carbonyl (C=O) groups excluding carboxylic acids is 2. The van der Waals surface area contributed by atoms with Gasteiger partial charge in [0.05, 0.1) is 15.9 Å². The SMILES string of the molecule is Cc1nn(CC(=O)NCCNC(=O)c2nc(-c3ccc4c(c3)OCO4)no2)c(C)c1Br. The van der Waals surface area contributed by atoms with Crippen LogP contribution in [0.4, 0.5) is 0 Å². The average Bonchev–Trinajstić information content (AvgIpc) is 3.48. The molecule has 3 heterocycles. The van der Waals surface area contributed by atoms with Crippen molar-refractivity contribution in [1.82, 2.24) is 30.6 Å². The predicted molar refractivity (Wildman–Crippen MR) is 111 cm³/mol. The second kappa shape index (κ2) is 8.76. The molecule has 2 aromatic heterocycles. The third-order valence-corrected chi connectivity index (χ3v) is 5.72. The Balaban J connectivity index is 1.25. The van der Waals surface area contributed by atoms with Crippen molar-refractivity contribution >= 4 is 27.7 Å². The summed E-state index contributed by atoms with van der Waals surface area (Å²) in [5.74, 6) is 0.556. The van der Waals surface area contributed by atoms with E-state index in [-0.39, 0.29) is 44.0 Å². The van der Waals surface area contributed by atoms with Crippen LogP contribution in [0, 0.1) is 13.8 Å². The lowest BCUT2D eigenvalue weighted by atomic mass is 10.2. The van der Waals surface area contributed by atoms with E-state index in [4.69, 9.17) is 14.0 Å². The van der Waals surface area contributed by atoms with Crippen LogP contribution in [0.3, 0.4) is 0 Å². The molecule has 1 aliphatic rings. The Hall–Kier alpha value is -3.41. The molecule has 0 aliphatic carbocycles. The van der Waals surface area contributed by atoms with E-state index >= 15 is 0 Å². The first-order chi connectivity index (χ1) is 14.9. The second-order valence-corrected chi connectivity index (χ2v) is 7.53. The van der Waals surface area contributed by atoms with Crippen molar-refractivity contribution < 1.29 is 23.6 Å². The quantitative estimate of drug-likeness (QED) is 0.476. The first kappa shape index (κ1) is 20.8. The van der Waals surface area contributed by atoms with Crippen molar-refractivity contribution in [3.8, 4) is 22.9 Å². The zero-order valence-corrected chi connectivity index (χ0v) is 18.4. The molecule has 1 aliphatic heterocycles. The standard InChI is InChI=1S/C19H19BrN6O5/c1-10-16(20)11(2)26(24-10)8-15(27)21-5-6-22-18(28)19-23-17(25-31-19)12-3-4-13-14(7-12)30-9-29-13/h3-4,7H,5-6,8-9H2,1-2H3,(H,21,27)(H,22,28). The molecule has 1 aromatic carbocycles. The molecular formula is C19H19BrN6O5. The fourth-order valence-electron chi connectivity index (χ4n) is 2.94. The Kier molecular flexibility index (Phi) is 5.89. The molecule has 0 fully saturated rings. The van der Waals surface area contributed by atoms with Gasteiger partial charge in [-0.05, 0) is 48.0 Å². The van der Waals surface area contributed by atoms with Gasteiger partial charge in [-0.2, -0.15) is 10.1 Å².